The first kappa shape index (κ1) is 8.16. The Morgan fingerprint density at radius 2 is 2.08 bits per heavy atom. The van der Waals surface area contributed by atoms with Crippen LogP contribution in [-0.2, 0) is 6.42 Å². The normalized spacial score (nSPS) is 15.0. The molecule has 0 radical (unpaired) electrons. The maximum atomic E-state index is 13.3. The Kier molecular flexibility index (Phi) is 1.90. The molecule has 0 saturated heterocycles. The molecule has 1 aromatic rings. The highest BCUT2D eigenvalue weighted by atomic mass is 127. The third-order valence-electron chi connectivity index (χ3n) is 2.10. The van der Waals surface area contributed by atoms with Crippen molar-refractivity contribution in [3.05, 3.63) is 32.6 Å². The van der Waals surface area contributed by atoms with Gasteiger partial charge in [0, 0.05) is 21.1 Å². The fourth-order valence-corrected chi connectivity index (χ4v) is 1.98. The topological polar surface area (TPSA) is 17.1 Å². The van der Waals surface area contributed by atoms with Crippen LogP contribution >= 0.6 is 22.6 Å². The van der Waals surface area contributed by atoms with E-state index in [9.17, 15) is 9.18 Å². The Bertz CT molecular complexity index is 360. The molecule has 0 saturated carbocycles. The largest absolute Gasteiger partial charge is 0.294 e. The summed E-state index contributed by atoms with van der Waals surface area (Å²) >= 11 is 1.94. The number of rotatable bonds is 0. The van der Waals surface area contributed by atoms with E-state index in [0.717, 1.165) is 0 Å². The summed E-state index contributed by atoms with van der Waals surface area (Å²) in [7, 11) is 0. The molecule has 0 spiro atoms. The van der Waals surface area contributed by atoms with Gasteiger partial charge in [-0.15, -0.1) is 0 Å². The van der Waals surface area contributed by atoms with Gasteiger partial charge in [-0.25, -0.2) is 4.39 Å². The van der Waals surface area contributed by atoms with Gasteiger partial charge in [-0.2, -0.15) is 0 Å². The van der Waals surface area contributed by atoms with Crippen LogP contribution in [0.2, 0.25) is 0 Å². The van der Waals surface area contributed by atoms with E-state index in [1.54, 1.807) is 12.1 Å². The molecule has 0 unspecified atom stereocenters. The minimum Gasteiger partial charge on any atom is -0.294 e. The predicted octanol–water partition coefficient (Wildman–Crippen LogP) is 2.56. The van der Waals surface area contributed by atoms with Crippen molar-refractivity contribution in [3.63, 3.8) is 0 Å². The Morgan fingerprint density at radius 1 is 1.33 bits per heavy atom. The van der Waals surface area contributed by atoms with Crippen molar-refractivity contribution >= 4 is 28.4 Å². The molecule has 1 aliphatic carbocycles. The number of benzene rings is 1. The molecule has 0 aromatic heterocycles. The van der Waals surface area contributed by atoms with Gasteiger partial charge in [0.2, 0.25) is 0 Å². The summed E-state index contributed by atoms with van der Waals surface area (Å²) in [6.45, 7) is 0. The molecule has 1 aromatic carbocycles. The van der Waals surface area contributed by atoms with Gasteiger partial charge >= 0.3 is 0 Å². The van der Waals surface area contributed by atoms with Crippen molar-refractivity contribution in [1.82, 2.24) is 0 Å². The number of Topliss-reactive ketones (excluding diaryl/α,β-unsaturated/α-hetero) is 1. The van der Waals surface area contributed by atoms with E-state index in [1.165, 1.54) is 0 Å². The zero-order valence-electron chi connectivity index (χ0n) is 6.23. The lowest BCUT2D eigenvalue weighted by Crippen LogP contribution is -1.94. The van der Waals surface area contributed by atoms with Crippen LogP contribution in [0.15, 0.2) is 12.1 Å². The van der Waals surface area contributed by atoms with Crippen molar-refractivity contribution < 1.29 is 9.18 Å². The molecule has 0 fully saturated rings. The van der Waals surface area contributed by atoms with Gasteiger partial charge in [0.1, 0.15) is 5.82 Å². The Balaban J connectivity index is 2.68. The van der Waals surface area contributed by atoms with Gasteiger partial charge in [-0.1, -0.05) is 0 Å². The van der Waals surface area contributed by atoms with E-state index in [1.807, 2.05) is 22.6 Å². The Morgan fingerprint density at radius 3 is 2.83 bits per heavy atom. The highest BCUT2D eigenvalue weighted by Crippen LogP contribution is 2.27. The molecule has 1 aliphatic rings. The molecule has 1 nitrogen and oxygen atoms in total. The second-order valence-corrected chi connectivity index (χ2v) is 3.97. The summed E-state index contributed by atoms with van der Waals surface area (Å²) < 4.78 is 13.9. The van der Waals surface area contributed by atoms with E-state index < -0.39 is 0 Å². The van der Waals surface area contributed by atoms with E-state index in [4.69, 9.17) is 0 Å². The van der Waals surface area contributed by atoms with Crippen molar-refractivity contribution in [1.29, 1.82) is 0 Å². The fourth-order valence-electron chi connectivity index (χ4n) is 1.47. The Labute approximate surface area is 83.1 Å². The van der Waals surface area contributed by atoms with Crippen LogP contribution in [-0.4, -0.2) is 5.78 Å². The lowest BCUT2D eigenvalue weighted by molar-refractivity contribution is 0.0994. The van der Waals surface area contributed by atoms with Gasteiger partial charge in [-0.05, 0) is 41.1 Å². The van der Waals surface area contributed by atoms with Gasteiger partial charge in [0.05, 0.1) is 0 Å². The van der Waals surface area contributed by atoms with Crippen LogP contribution < -0.4 is 0 Å². The van der Waals surface area contributed by atoms with E-state index in [-0.39, 0.29) is 11.6 Å². The van der Waals surface area contributed by atoms with Gasteiger partial charge in [0.15, 0.2) is 5.78 Å². The zero-order chi connectivity index (χ0) is 8.72. The lowest BCUT2D eigenvalue weighted by Gasteiger charge is -2.00. The molecule has 0 atom stereocenters. The quantitative estimate of drug-likeness (QED) is 0.665. The molecule has 62 valence electrons. The average molecular weight is 276 g/mol. The SMILES string of the molecule is O=C1CCc2c1ccc(I)c2F. The van der Waals surface area contributed by atoms with Crippen LogP contribution in [0.1, 0.15) is 22.3 Å². The second kappa shape index (κ2) is 2.80. The molecule has 0 aliphatic heterocycles. The third-order valence-corrected chi connectivity index (χ3v) is 2.93. The summed E-state index contributed by atoms with van der Waals surface area (Å²) in [6, 6.07) is 3.37. The van der Waals surface area contributed by atoms with Crippen LogP contribution in [0.4, 0.5) is 4.39 Å². The summed E-state index contributed by atoms with van der Waals surface area (Å²) in [5.74, 6) is -0.140. The number of carbonyl (C=O) groups is 1. The average Bonchev–Trinajstić information content (AvgIpc) is 2.41. The lowest BCUT2D eigenvalue weighted by atomic mass is 10.1. The smallest absolute Gasteiger partial charge is 0.163 e. The second-order valence-electron chi connectivity index (χ2n) is 2.81. The number of fused-ring (bicyclic) bond motifs is 1. The summed E-state index contributed by atoms with van der Waals surface area (Å²) in [5.41, 5.74) is 1.18. The Hall–Kier alpha value is -0.450. The molecular weight excluding hydrogens is 270 g/mol. The van der Waals surface area contributed by atoms with Crippen LogP contribution in [0.25, 0.3) is 0 Å². The highest BCUT2D eigenvalue weighted by Gasteiger charge is 2.23. The van der Waals surface area contributed by atoms with Gasteiger partial charge in [-0.3, -0.25) is 4.79 Å². The predicted molar refractivity (Wildman–Crippen MR) is 51.8 cm³/mol. The van der Waals surface area contributed by atoms with E-state index >= 15 is 0 Å². The zero-order valence-corrected chi connectivity index (χ0v) is 8.39. The van der Waals surface area contributed by atoms with Crippen molar-refractivity contribution in [2.24, 2.45) is 0 Å². The summed E-state index contributed by atoms with van der Waals surface area (Å²) in [6.07, 6.45) is 1.03. The minimum absolute atomic E-state index is 0.0697. The number of hydrogen-bond donors (Lipinski definition) is 0. The first-order chi connectivity index (χ1) is 5.70. The van der Waals surface area contributed by atoms with E-state index in [2.05, 4.69) is 0 Å². The third kappa shape index (κ3) is 1.07. The molecule has 0 N–H and O–H groups in total. The van der Waals surface area contributed by atoms with Crippen LogP contribution in [0.5, 0.6) is 0 Å². The standard InChI is InChI=1S/C9H6FIO/c10-9-6-2-4-8(12)5(6)1-3-7(9)11/h1,3H,2,4H2. The molecular formula is C9H6FIO. The van der Waals surface area contributed by atoms with Crippen LogP contribution in [0, 0.1) is 9.39 Å². The highest BCUT2D eigenvalue weighted by molar-refractivity contribution is 14.1. The molecule has 3 heteroatoms. The summed E-state index contributed by atoms with van der Waals surface area (Å²) in [5, 5.41) is 0. The van der Waals surface area contributed by atoms with Crippen molar-refractivity contribution in [2.75, 3.05) is 0 Å². The first-order valence-corrected chi connectivity index (χ1v) is 4.78. The van der Waals surface area contributed by atoms with Crippen molar-refractivity contribution in [2.45, 2.75) is 12.8 Å². The molecule has 0 bridgehead atoms. The first-order valence-electron chi connectivity index (χ1n) is 3.70. The number of hydrogen-bond acceptors (Lipinski definition) is 1. The fraction of sp³-hybridized carbons (Fsp3) is 0.222. The maximum absolute atomic E-state index is 13.3. The van der Waals surface area contributed by atoms with Gasteiger partial charge < -0.3 is 0 Å². The maximum Gasteiger partial charge on any atom is 0.163 e. The molecule has 0 amide bonds. The monoisotopic (exact) mass is 276 g/mol. The van der Waals surface area contributed by atoms with E-state index in [0.29, 0.717) is 27.5 Å². The molecule has 2 rings (SSSR count). The van der Waals surface area contributed by atoms with Gasteiger partial charge in [0.25, 0.3) is 0 Å². The van der Waals surface area contributed by atoms with Crippen molar-refractivity contribution in [3.8, 4) is 0 Å². The van der Waals surface area contributed by atoms with Crippen LogP contribution in [0.3, 0.4) is 0 Å². The molecule has 12 heavy (non-hydrogen) atoms. The number of ketones is 1. The summed E-state index contributed by atoms with van der Waals surface area (Å²) in [4.78, 5) is 11.2. The molecule has 0 heterocycles. The number of halogens is 2. The minimum atomic E-state index is -0.209. The number of carbonyl (C=O) groups excluding carboxylic acids is 1.